The number of carbonyl (C=O) groups excluding carboxylic acids is 1. The van der Waals surface area contributed by atoms with Gasteiger partial charge in [0.25, 0.3) is 0 Å². The van der Waals surface area contributed by atoms with E-state index in [9.17, 15) is 28.5 Å². The Morgan fingerprint density at radius 2 is 1.85 bits per heavy atom. The lowest BCUT2D eigenvalue weighted by Crippen LogP contribution is -2.57. The number of methoxy groups -OCH3 is 1. The van der Waals surface area contributed by atoms with E-state index >= 15 is 0 Å². The minimum absolute atomic E-state index is 0.00962. The van der Waals surface area contributed by atoms with Crippen LogP contribution in [-0.4, -0.2) is 88.0 Å². The lowest BCUT2D eigenvalue weighted by atomic mass is 10.0. The molecule has 1 heterocycles. The Bertz CT molecular complexity index is 594. The highest BCUT2D eigenvalue weighted by Crippen LogP contribution is 2.30. The fourth-order valence-electron chi connectivity index (χ4n) is 2.00. The summed E-state index contributed by atoms with van der Waals surface area (Å²) in [6.07, 6.45) is -5.79. The van der Waals surface area contributed by atoms with E-state index < -0.39 is 52.8 Å². The number of rotatable bonds is 8. The van der Waals surface area contributed by atoms with Crippen LogP contribution >= 0.6 is 11.8 Å². The number of nitrogens with zero attached hydrogens (tertiary/aromatic N) is 1. The summed E-state index contributed by atoms with van der Waals surface area (Å²) < 4.78 is 43.6. The van der Waals surface area contributed by atoms with Gasteiger partial charge in [-0.25, -0.2) is 4.28 Å². The Morgan fingerprint density at radius 3 is 2.38 bits per heavy atom. The van der Waals surface area contributed by atoms with Crippen molar-refractivity contribution in [1.82, 2.24) is 0 Å². The van der Waals surface area contributed by atoms with Gasteiger partial charge in [0.05, 0.1) is 13.7 Å². The zero-order valence-corrected chi connectivity index (χ0v) is 15.3. The van der Waals surface area contributed by atoms with Gasteiger partial charge < -0.3 is 29.9 Å². The summed E-state index contributed by atoms with van der Waals surface area (Å²) in [5, 5.41) is 41.7. The number of thioether (sulfide) groups is 1. The third-order valence-electron chi connectivity index (χ3n) is 3.33. The summed E-state index contributed by atoms with van der Waals surface area (Å²) >= 11 is 0.642. The van der Waals surface area contributed by atoms with Crippen molar-refractivity contribution in [3.05, 3.63) is 0 Å². The molecular weight excluding hydrogens is 398 g/mol. The molecule has 14 heteroatoms. The number of aliphatic hydroxyl groups is 4. The lowest BCUT2D eigenvalue weighted by molar-refractivity contribution is -0.205. The molecule has 1 aliphatic rings. The predicted molar refractivity (Wildman–Crippen MR) is 87.3 cm³/mol. The zero-order chi connectivity index (χ0) is 19.9. The molecule has 1 saturated heterocycles. The van der Waals surface area contributed by atoms with Crippen LogP contribution in [-0.2, 0) is 29.0 Å². The maximum Gasteiger partial charge on any atom is 0.466 e. The Labute approximate surface area is 153 Å². The van der Waals surface area contributed by atoms with Crippen molar-refractivity contribution in [3.63, 3.8) is 0 Å². The van der Waals surface area contributed by atoms with Crippen LogP contribution in [0.3, 0.4) is 0 Å². The van der Waals surface area contributed by atoms with E-state index in [1.807, 2.05) is 0 Å². The van der Waals surface area contributed by atoms with E-state index in [4.69, 9.17) is 14.4 Å². The second-order valence-corrected chi connectivity index (χ2v) is 7.41. The average Bonchev–Trinajstić information content (AvgIpc) is 2.58. The molecular formula is C12H21NO11S2. The Morgan fingerprint density at radius 1 is 1.19 bits per heavy atom. The average molecular weight is 419 g/mol. The molecule has 152 valence electrons. The molecule has 26 heavy (non-hydrogen) atoms. The fourth-order valence-corrected chi connectivity index (χ4v) is 3.34. The standard InChI is InChI=1S/C12H21NO11S2/c1-22-8(15)4-2-3-7(13-24-26(19,20)21)25-12-11(18)10(17)9(16)6(5-14)23-12/h6,9-12,14,16-18H,2-5H2,1H3,(H,19,20,21)/b13-7-/t6-,9+,10+,11+,12+/m0/s1. The van der Waals surface area contributed by atoms with Crippen molar-refractivity contribution in [1.29, 1.82) is 0 Å². The van der Waals surface area contributed by atoms with E-state index in [2.05, 4.69) is 14.2 Å². The van der Waals surface area contributed by atoms with Crippen LogP contribution in [0.2, 0.25) is 0 Å². The predicted octanol–water partition coefficient (Wildman–Crippen LogP) is -2.00. The van der Waals surface area contributed by atoms with Gasteiger partial charge >= 0.3 is 16.4 Å². The number of carbonyl (C=O) groups is 1. The maximum atomic E-state index is 11.1. The van der Waals surface area contributed by atoms with Gasteiger partial charge in [0, 0.05) is 6.42 Å². The Hall–Kier alpha value is -1.00. The van der Waals surface area contributed by atoms with Gasteiger partial charge in [0.1, 0.15) is 34.9 Å². The molecule has 0 saturated carbocycles. The molecule has 0 aromatic carbocycles. The van der Waals surface area contributed by atoms with Gasteiger partial charge in [0.15, 0.2) is 0 Å². The second kappa shape index (κ2) is 10.4. The van der Waals surface area contributed by atoms with Crippen molar-refractivity contribution in [3.8, 4) is 0 Å². The molecule has 1 aliphatic heterocycles. The topological polar surface area (TPSA) is 192 Å². The number of esters is 1. The van der Waals surface area contributed by atoms with Crippen molar-refractivity contribution >= 4 is 33.2 Å². The number of hydrogen-bond donors (Lipinski definition) is 5. The highest BCUT2D eigenvalue weighted by atomic mass is 32.3. The summed E-state index contributed by atoms with van der Waals surface area (Å²) in [5.74, 6) is -0.516. The first-order valence-corrected chi connectivity index (χ1v) is 9.60. The first-order chi connectivity index (χ1) is 12.1. The van der Waals surface area contributed by atoms with Crippen LogP contribution in [0.25, 0.3) is 0 Å². The monoisotopic (exact) mass is 419 g/mol. The molecule has 0 unspecified atom stereocenters. The molecule has 0 bridgehead atoms. The van der Waals surface area contributed by atoms with E-state index in [0.29, 0.717) is 11.8 Å². The third kappa shape index (κ3) is 7.32. The summed E-state index contributed by atoms with van der Waals surface area (Å²) in [4.78, 5) is 11.1. The van der Waals surface area contributed by atoms with Crippen molar-refractivity contribution in [2.45, 2.75) is 49.1 Å². The molecule has 0 aromatic rings. The molecule has 5 atom stereocenters. The van der Waals surface area contributed by atoms with Crippen LogP contribution in [0.1, 0.15) is 19.3 Å². The molecule has 5 N–H and O–H groups in total. The fraction of sp³-hybridized carbons (Fsp3) is 0.833. The minimum atomic E-state index is -4.88. The molecule has 0 radical (unpaired) electrons. The summed E-state index contributed by atoms with van der Waals surface area (Å²) in [6, 6.07) is 0. The van der Waals surface area contributed by atoms with Crippen LogP contribution in [0, 0.1) is 0 Å². The molecule has 0 amide bonds. The van der Waals surface area contributed by atoms with Crippen LogP contribution in [0.5, 0.6) is 0 Å². The first-order valence-electron chi connectivity index (χ1n) is 7.36. The van der Waals surface area contributed by atoms with Gasteiger partial charge in [-0.1, -0.05) is 16.9 Å². The number of hydrogen-bond acceptors (Lipinski definition) is 12. The van der Waals surface area contributed by atoms with E-state index in [1.165, 1.54) is 7.11 Å². The minimum Gasteiger partial charge on any atom is -0.469 e. The zero-order valence-electron chi connectivity index (χ0n) is 13.7. The van der Waals surface area contributed by atoms with E-state index in [0.717, 1.165) is 0 Å². The summed E-state index contributed by atoms with van der Waals surface area (Å²) in [6.45, 7) is -0.641. The largest absolute Gasteiger partial charge is 0.469 e. The first kappa shape index (κ1) is 23.0. The van der Waals surface area contributed by atoms with Crippen molar-refractivity contribution in [2.75, 3.05) is 13.7 Å². The Balaban J connectivity index is 2.83. The quantitative estimate of drug-likeness (QED) is 0.0956. The highest BCUT2D eigenvalue weighted by molar-refractivity contribution is 8.14. The Kier molecular flexibility index (Phi) is 9.18. The molecule has 12 nitrogen and oxygen atoms in total. The smallest absolute Gasteiger partial charge is 0.466 e. The van der Waals surface area contributed by atoms with Crippen LogP contribution in [0.15, 0.2) is 5.16 Å². The molecule has 0 aromatic heterocycles. The molecule has 0 spiro atoms. The van der Waals surface area contributed by atoms with E-state index in [-0.39, 0.29) is 24.3 Å². The van der Waals surface area contributed by atoms with Gasteiger partial charge in [-0.05, 0) is 12.8 Å². The van der Waals surface area contributed by atoms with Gasteiger partial charge in [-0.2, -0.15) is 8.42 Å². The molecule has 1 rings (SSSR count). The molecule has 0 aliphatic carbocycles. The lowest BCUT2D eigenvalue weighted by Gasteiger charge is -2.39. The van der Waals surface area contributed by atoms with Crippen molar-refractivity contribution < 1.29 is 51.9 Å². The van der Waals surface area contributed by atoms with Crippen LogP contribution < -0.4 is 0 Å². The summed E-state index contributed by atoms with van der Waals surface area (Å²) in [5.41, 5.74) is -1.23. The number of ether oxygens (including phenoxy) is 2. The maximum absolute atomic E-state index is 11.1. The second-order valence-electron chi connectivity index (χ2n) is 5.23. The van der Waals surface area contributed by atoms with Gasteiger partial charge in [-0.3, -0.25) is 9.35 Å². The normalized spacial score (nSPS) is 30.1. The highest BCUT2D eigenvalue weighted by Gasteiger charge is 2.44. The van der Waals surface area contributed by atoms with Gasteiger partial charge in [-0.15, -0.1) is 0 Å². The van der Waals surface area contributed by atoms with Gasteiger partial charge in [0.2, 0.25) is 0 Å². The summed E-state index contributed by atoms with van der Waals surface area (Å²) in [7, 11) is -3.68. The van der Waals surface area contributed by atoms with E-state index in [1.54, 1.807) is 0 Å². The molecule has 1 fully saturated rings. The number of oxime groups is 1. The number of aliphatic hydroxyl groups excluding tert-OH is 4. The third-order valence-corrected chi connectivity index (χ3v) is 4.77. The van der Waals surface area contributed by atoms with Crippen molar-refractivity contribution in [2.24, 2.45) is 5.16 Å². The van der Waals surface area contributed by atoms with Crippen LogP contribution in [0.4, 0.5) is 0 Å². The SMILES string of the molecule is COC(=O)CCC/C(=N/OS(=O)(=O)O)S[C@H]1O[C@@H](CO)[C@@H](O)[C@@H](O)[C@H]1O.